The van der Waals surface area contributed by atoms with Crippen LogP contribution in [0.2, 0.25) is 0 Å². The van der Waals surface area contributed by atoms with Crippen LogP contribution in [0.15, 0.2) is 36.4 Å². The number of carbonyl (C=O) groups excluding carboxylic acids is 3. The molecule has 11 nitrogen and oxygen atoms in total. The molecule has 1 aliphatic rings. The highest BCUT2D eigenvalue weighted by atomic mass is 35.5. The fraction of sp³-hybridized carbons (Fsp3) is 0.348. The summed E-state index contributed by atoms with van der Waals surface area (Å²) in [6.45, 7) is -0.160. The van der Waals surface area contributed by atoms with Crippen molar-refractivity contribution in [3.8, 4) is 22.6 Å². The molecule has 0 saturated heterocycles. The van der Waals surface area contributed by atoms with E-state index in [0.29, 0.717) is 22.3 Å². The van der Waals surface area contributed by atoms with E-state index in [4.69, 9.17) is 17.2 Å². The molecule has 0 aliphatic carbocycles. The van der Waals surface area contributed by atoms with Crippen molar-refractivity contribution in [1.29, 1.82) is 0 Å². The lowest BCUT2D eigenvalue weighted by atomic mass is 9.95. The van der Waals surface area contributed by atoms with Crippen molar-refractivity contribution in [3.63, 3.8) is 0 Å². The van der Waals surface area contributed by atoms with E-state index in [9.17, 15) is 29.7 Å². The Bertz CT molecular complexity index is 1100. The van der Waals surface area contributed by atoms with Crippen molar-refractivity contribution in [3.05, 3.63) is 47.5 Å². The number of nitrogens with one attached hydrogen (secondary N) is 2. The number of nitrogens with two attached hydrogens (primary N) is 3. The first-order valence-corrected chi connectivity index (χ1v) is 10.8. The molecule has 0 radical (unpaired) electrons. The third kappa shape index (κ3) is 7.45. The first-order valence-electron chi connectivity index (χ1n) is 10.8. The molecule has 1 aliphatic heterocycles. The average Bonchev–Trinajstić information content (AvgIpc) is 2.79. The zero-order chi connectivity index (χ0) is 25.0. The highest BCUT2D eigenvalue weighted by molar-refractivity contribution is 5.93. The molecule has 0 spiro atoms. The van der Waals surface area contributed by atoms with E-state index in [-0.39, 0.29) is 62.1 Å². The maximum absolute atomic E-state index is 13.0. The van der Waals surface area contributed by atoms with Crippen LogP contribution in [0.5, 0.6) is 11.5 Å². The molecule has 2 aromatic carbocycles. The van der Waals surface area contributed by atoms with E-state index in [1.165, 1.54) is 12.1 Å². The van der Waals surface area contributed by atoms with Crippen LogP contribution >= 0.6 is 24.8 Å². The predicted octanol–water partition coefficient (Wildman–Crippen LogP) is -0.801. The van der Waals surface area contributed by atoms with Gasteiger partial charge in [-0.1, -0.05) is 12.1 Å². The Morgan fingerprint density at radius 3 is 1.97 bits per heavy atom. The van der Waals surface area contributed by atoms with Gasteiger partial charge < -0.3 is 43.2 Å². The summed E-state index contributed by atoms with van der Waals surface area (Å²) in [4.78, 5) is 37.8. The van der Waals surface area contributed by atoms with Gasteiger partial charge in [0, 0.05) is 25.8 Å². The zero-order valence-electron chi connectivity index (χ0n) is 19.2. The lowest BCUT2D eigenvalue weighted by Gasteiger charge is -2.24. The summed E-state index contributed by atoms with van der Waals surface area (Å²) in [5.41, 5.74) is 19.1. The number of rotatable bonds is 4. The average molecular weight is 544 g/mol. The number of benzene rings is 2. The summed E-state index contributed by atoms with van der Waals surface area (Å²) < 4.78 is 0. The van der Waals surface area contributed by atoms with E-state index in [1.54, 1.807) is 24.3 Å². The van der Waals surface area contributed by atoms with Crippen LogP contribution in [-0.2, 0) is 27.2 Å². The molecule has 198 valence electrons. The van der Waals surface area contributed by atoms with Gasteiger partial charge in [-0.15, -0.1) is 24.8 Å². The predicted molar refractivity (Wildman–Crippen MR) is 138 cm³/mol. The van der Waals surface area contributed by atoms with Crippen LogP contribution in [0, 0.1) is 0 Å². The van der Waals surface area contributed by atoms with E-state index in [2.05, 4.69) is 10.6 Å². The monoisotopic (exact) mass is 543 g/mol. The number of aliphatic hydroxyl groups is 1. The van der Waals surface area contributed by atoms with Gasteiger partial charge in [-0.05, 0) is 46.5 Å². The summed E-state index contributed by atoms with van der Waals surface area (Å²) >= 11 is 0. The smallest absolute Gasteiger partial charge is 0.243 e. The van der Waals surface area contributed by atoms with Gasteiger partial charge in [0.1, 0.15) is 23.6 Å². The molecule has 0 fully saturated rings. The third-order valence-electron chi connectivity index (χ3n) is 5.77. The number of fused-ring (bicyclic) bond motifs is 5. The van der Waals surface area contributed by atoms with Gasteiger partial charge in [0.25, 0.3) is 0 Å². The van der Waals surface area contributed by atoms with Gasteiger partial charge in [0.05, 0.1) is 12.1 Å². The number of phenols is 2. The van der Waals surface area contributed by atoms with Gasteiger partial charge >= 0.3 is 0 Å². The molecule has 1 heterocycles. The van der Waals surface area contributed by atoms with E-state index >= 15 is 0 Å². The quantitative estimate of drug-likeness (QED) is 0.243. The Morgan fingerprint density at radius 1 is 0.944 bits per heavy atom. The van der Waals surface area contributed by atoms with Crippen LogP contribution < -0.4 is 27.8 Å². The molecular weight excluding hydrogens is 513 g/mol. The molecule has 11 N–H and O–H groups in total. The number of aromatic hydroxyl groups is 2. The van der Waals surface area contributed by atoms with E-state index in [0.717, 1.165) is 0 Å². The normalized spacial score (nSPS) is 20.8. The van der Waals surface area contributed by atoms with Crippen LogP contribution in [0.3, 0.4) is 0 Å². The molecule has 4 atom stereocenters. The molecule has 0 saturated carbocycles. The van der Waals surface area contributed by atoms with Crippen LogP contribution in [-0.4, -0.2) is 63.8 Å². The largest absolute Gasteiger partial charge is 0.508 e. The summed E-state index contributed by atoms with van der Waals surface area (Å²) in [6, 6.07) is 5.96. The first kappa shape index (κ1) is 30.9. The Morgan fingerprint density at radius 2 is 1.47 bits per heavy atom. The number of amides is 3. The molecule has 13 heteroatoms. The lowest BCUT2D eigenvalue weighted by Crippen LogP contribution is -2.57. The number of aliphatic hydroxyl groups excluding tert-OH is 1. The molecule has 36 heavy (non-hydrogen) atoms. The number of carbonyl (C=O) groups is 3. The minimum atomic E-state index is -1.26. The minimum Gasteiger partial charge on any atom is -0.508 e. The summed E-state index contributed by atoms with van der Waals surface area (Å²) in [6.07, 6.45) is -1.49. The SMILES string of the molecule is Cl.Cl.NC[C@H](O)C[C@@H]1NC(=O)[C@@H](N)Cc2cc(ccc2O)-c2ccc(O)c(c2)C[C@@H](C(N)=O)NC1=O. The van der Waals surface area contributed by atoms with Crippen molar-refractivity contribution in [2.75, 3.05) is 6.54 Å². The Balaban J connectivity index is 0.00000324. The van der Waals surface area contributed by atoms with Gasteiger partial charge in [-0.3, -0.25) is 14.4 Å². The standard InChI is InChI=1S/C23H29N5O6.2ClH/c24-10-15(29)9-18-23(34)27-17(21(26)32)8-14-6-12(2-4-20(14)31)11-1-3-19(30)13(5-11)7-16(25)22(33)28-18;;/h1-6,15-18,29-31H,7-10,24-25H2,(H2,26,32)(H,27,34)(H,28,33);2*1H/t15-,16+,17+,18+;;/m1../s1. The second-order valence-electron chi connectivity index (χ2n) is 8.35. The summed E-state index contributed by atoms with van der Waals surface area (Å²) in [7, 11) is 0. The maximum atomic E-state index is 13.0. The highest BCUT2D eigenvalue weighted by Gasteiger charge is 2.30. The Kier molecular flexibility index (Phi) is 11.4. The topological polar surface area (TPSA) is 214 Å². The Labute approximate surface area is 220 Å². The lowest BCUT2D eigenvalue weighted by molar-refractivity contribution is -0.132. The minimum absolute atomic E-state index is 0. The van der Waals surface area contributed by atoms with Crippen molar-refractivity contribution in [1.82, 2.24) is 10.6 Å². The fourth-order valence-corrected chi connectivity index (χ4v) is 3.78. The van der Waals surface area contributed by atoms with Crippen molar-refractivity contribution in [2.24, 2.45) is 17.2 Å². The maximum Gasteiger partial charge on any atom is 0.243 e. The van der Waals surface area contributed by atoms with Crippen molar-refractivity contribution >= 4 is 42.5 Å². The van der Waals surface area contributed by atoms with Crippen molar-refractivity contribution < 1.29 is 29.7 Å². The summed E-state index contributed by atoms with van der Waals surface area (Å²) in [5.74, 6) is -2.48. The zero-order valence-corrected chi connectivity index (χ0v) is 20.8. The molecular formula is C23H31Cl2N5O6. The van der Waals surface area contributed by atoms with Gasteiger partial charge in [-0.2, -0.15) is 0 Å². The number of hydrogen-bond acceptors (Lipinski definition) is 8. The molecule has 0 aromatic heterocycles. The molecule has 4 bridgehead atoms. The molecule has 3 amide bonds. The highest BCUT2D eigenvalue weighted by Crippen LogP contribution is 2.30. The van der Waals surface area contributed by atoms with E-state index < -0.39 is 42.0 Å². The fourth-order valence-electron chi connectivity index (χ4n) is 3.78. The van der Waals surface area contributed by atoms with Gasteiger partial charge in [-0.25, -0.2) is 0 Å². The number of phenolic OH excluding ortho intramolecular Hbond substituents is 2. The number of halogens is 2. The van der Waals surface area contributed by atoms with Crippen LogP contribution in [0.1, 0.15) is 17.5 Å². The van der Waals surface area contributed by atoms with E-state index in [1.807, 2.05) is 0 Å². The second-order valence-corrected chi connectivity index (χ2v) is 8.35. The first-order chi connectivity index (χ1) is 16.1. The van der Waals surface area contributed by atoms with Gasteiger partial charge in [0.15, 0.2) is 0 Å². The number of hydrogen-bond donors (Lipinski definition) is 8. The summed E-state index contributed by atoms with van der Waals surface area (Å²) in [5, 5.41) is 35.6. The Hall–Kier alpha value is -3.09. The van der Waals surface area contributed by atoms with Crippen molar-refractivity contribution in [2.45, 2.75) is 43.5 Å². The van der Waals surface area contributed by atoms with Crippen LogP contribution in [0.4, 0.5) is 0 Å². The number of primary amides is 1. The van der Waals surface area contributed by atoms with Gasteiger partial charge in [0.2, 0.25) is 17.7 Å². The molecule has 2 aromatic rings. The van der Waals surface area contributed by atoms with Crippen LogP contribution in [0.25, 0.3) is 11.1 Å². The third-order valence-corrected chi connectivity index (χ3v) is 5.77. The molecule has 3 rings (SSSR count). The molecule has 0 unspecified atom stereocenters. The second kappa shape index (κ2) is 13.3.